The Morgan fingerprint density at radius 2 is 1.77 bits per heavy atom. The average Bonchev–Trinajstić information content (AvgIpc) is 3.03. The normalized spacial score (nSPS) is 16.8. The van der Waals surface area contributed by atoms with Gasteiger partial charge in [-0.3, -0.25) is 9.59 Å². The molecule has 0 spiro atoms. The summed E-state index contributed by atoms with van der Waals surface area (Å²) in [7, 11) is 0. The number of rotatable bonds is 6. The van der Waals surface area contributed by atoms with Crippen LogP contribution in [-0.2, 0) is 9.59 Å². The largest absolute Gasteiger partial charge is 0.457 e. The molecule has 1 heterocycles. The van der Waals surface area contributed by atoms with E-state index in [0.29, 0.717) is 31.2 Å². The van der Waals surface area contributed by atoms with Crippen molar-refractivity contribution >= 4 is 17.5 Å². The number of nitrogens with one attached hydrogen (secondary N) is 1. The standard InChI is InChI=1S/C21H24N2O3/c1-15(2)14-22-20(24)19-12-13-23(21(19)25)16-8-10-18(11-9-16)26-17-6-4-3-5-7-17/h3-11,15,19H,12-14H2,1-2H3,(H,22,24)/t19-/m0/s1. The van der Waals surface area contributed by atoms with Crippen molar-refractivity contribution < 1.29 is 14.3 Å². The molecule has 1 atom stereocenters. The number of ether oxygens (including phenoxy) is 1. The molecule has 1 aliphatic rings. The molecular weight excluding hydrogens is 328 g/mol. The minimum atomic E-state index is -0.589. The number of amides is 2. The van der Waals surface area contributed by atoms with Crippen LogP contribution in [0.25, 0.3) is 0 Å². The predicted octanol–water partition coefficient (Wildman–Crippen LogP) is 3.60. The Hall–Kier alpha value is -2.82. The van der Waals surface area contributed by atoms with Crippen LogP contribution < -0.4 is 15.0 Å². The van der Waals surface area contributed by atoms with Crippen molar-refractivity contribution in [1.82, 2.24) is 5.32 Å². The van der Waals surface area contributed by atoms with Gasteiger partial charge in [-0.25, -0.2) is 0 Å². The maximum atomic E-state index is 12.6. The van der Waals surface area contributed by atoms with Crippen molar-refractivity contribution in [1.29, 1.82) is 0 Å². The molecule has 1 fully saturated rings. The van der Waals surface area contributed by atoms with Gasteiger partial charge in [0.2, 0.25) is 11.8 Å². The van der Waals surface area contributed by atoms with Crippen LogP contribution in [0.4, 0.5) is 5.69 Å². The second-order valence-corrected chi connectivity index (χ2v) is 6.88. The van der Waals surface area contributed by atoms with Crippen molar-refractivity contribution in [2.24, 2.45) is 11.8 Å². The Kier molecular flexibility index (Phi) is 5.56. The maximum absolute atomic E-state index is 12.6. The van der Waals surface area contributed by atoms with E-state index in [-0.39, 0.29) is 11.8 Å². The summed E-state index contributed by atoms with van der Waals surface area (Å²) in [6.45, 7) is 5.20. The molecule has 5 nitrogen and oxygen atoms in total. The number of carbonyl (C=O) groups excluding carboxylic acids is 2. The molecule has 5 heteroatoms. The van der Waals surface area contributed by atoms with E-state index >= 15 is 0 Å². The van der Waals surface area contributed by atoms with E-state index in [4.69, 9.17) is 4.74 Å². The molecule has 0 radical (unpaired) electrons. The first-order chi connectivity index (χ1) is 12.5. The molecule has 3 rings (SSSR count). The third kappa shape index (κ3) is 4.23. The van der Waals surface area contributed by atoms with Gasteiger partial charge in [0.15, 0.2) is 0 Å². The van der Waals surface area contributed by atoms with Gasteiger partial charge in [0.1, 0.15) is 17.4 Å². The van der Waals surface area contributed by atoms with Gasteiger partial charge in [0.05, 0.1) is 0 Å². The molecule has 136 valence electrons. The van der Waals surface area contributed by atoms with Crippen molar-refractivity contribution in [2.75, 3.05) is 18.0 Å². The summed E-state index contributed by atoms with van der Waals surface area (Å²) < 4.78 is 5.77. The summed E-state index contributed by atoms with van der Waals surface area (Å²) in [6.07, 6.45) is 0.547. The van der Waals surface area contributed by atoms with E-state index in [9.17, 15) is 9.59 Å². The van der Waals surface area contributed by atoms with Crippen LogP contribution in [0, 0.1) is 11.8 Å². The highest BCUT2D eigenvalue weighted by atomic mass is 16.5. The molecular formula is C21H24N2O3. The molecule has 2 aromatic carbocycles. The molecule has 1 aliphatic heterocycles. The first-order valence-corrected chi connectivity index (χ1v) is 8.96. The fourth-order valence-electron chi connectivity index (χ4n) is 2.93. The van der Waals surface area contributed by atoms with E-state index in [1.54, 1.807) is 4.90 Å². The summed E-state index contributed by atoms with van der Waals surface area (Å²) in [5.74, 6) is 0.938. The van der Waals surface area contributed by atoms with E-state index in [0.717, 1.165) is 11.4 Å². The molecule has 0 aliphatic carbocycles. The van der Waals surface area contributed by atoms with E-state index in [2.05, 4.69) is 5.32 Å². The van der Waals surface area contributed by atoms with Crippen molar-refractivity contribution in [3.63, 3.8) is 0 Å². The minimum absolute atomic E-state index is 0.136. The Morgan fingerprint density at radius 1 is 1.12 bits per heavy atom. The van der Waals surface area contributed by atoms with Gasteiger partial charge in [-0.2, -0.15) is 0 Å². The van der Waals surface area contributed by atoms with E-state index in [1.807, 2.05) is 68.4 Å². The summed E-state index contributed by atoms with van der Waals surface area (Å²) in [5, 5.41) is 2.86. The van der Waals surface area contributed by atoms with Crippen LogP contribution >= 0.6 is 0 Å². The van der Waals surface area contributed by atoms with Gasteiger partial charge in [-0.15, -0.1) is 0 Å². The lowest BCUT2D eigenvalue weighted by Crippen LogP contribution is -2.38. The second kappa shape index (κ2) is 8.04. The third-order valence-corrected chi connectivity index (χ3v) is 4.33. The number of carbonyl (C=O) groups is 2. The highest BCUT2D eigenvalue weighted by Gasteiger charge is 2.37. The fourth-order valence-corrected chi connectivity index (χ4v) is 2.93. The van der Waals surface area contributed by atoms with Gasteiger partial charge in [-0.05, 0) is 48.7 Å². The monoisotopic (exact) mass is 352 g/mol. The lowest BCUT2D eigenvalue weighted by Gasteiger charge is -2.17. The van der Waals surface area contributed by atoms with E-state index in [1.165, 1.54) is 0 Å². The topological polar surface area (TPSA) is 58.6 Å². The lowest BCUT2D eigenvalue weighted by atomic mass is 10.1. The molecule has 0 bridgehead atoms. The highest BCUT2D eigenvalue weighted by molar-refractivity contribution is 6.09. The van der Waals surface area contributed by atoms with Crippen LogP contribution in [0.15, 0.2) is 54.6 Å². The van der Waals surface area contributed by atoms with Gasteiger partial charge >= 0.3 is 0 Å². The summed E-state index contributed by atoms with van der Waals surface area (Å²) in [6, 6.07) is 16.9. The molecule has 26 heavy (non-hydrogen) atoms. The lowest BCUT2D eigenvalue weighted by molar-refractivity contribution is -0.132. The fraction of sp³-hybridized carbons (Fsp3) is 0.333. The summed E-state index contributed by atoms with van der Waals surface area (Å²) in [5.41, 5.74) is 0.787. The van der Waals surface area contributed by atoms with Crippen LogP contribution in [0.3, 0.4) is 0 Å². The quantitative estimate of drug-likeness (QED) is 0.808. The number of nitrogens with zero attached hydrogens (tertiary/aromatic N) is 1. The van der Waals surface area contributed by atoms with Gasteiger partial charge in [-0.1, -0.05) is 32.0 Å². The van der Waals surface area contributed by atoms with E-state index < -0.39 is 5.92 Å². The first kappa shape index (κ1) is 18.0. The molecule has 2 amide bonds. The number of benzene rings is 2. The zero-order valence-corrected chi connectivity index (χ0v) is 15.1. The molecule has 0 aromatic heterocycles. The summed E-state index contributed by atoms with van der Waals surface area (Å²) in [4.78, 5) is 26.5. The molecule has 1 N–H and O–H groups in total. The zero-order chi connectivity index (χ0) is 18.5. The van der Waals surface area contributed by atoms with Crippen LogP contribution in [0.5, 0.6) is 11.5 Å². The van der Waals surface area contributed by atoms with Crippen molar-refractivity contribution in [2.45, 2.75) is 20.3 Å². The molecule has 0 saturated carbocycles. The van der Waals surface area contributed by atoms with Crippen LogP contribution in [0.1, 0.15) is 20.3 Å². The minimum Gasteiger partial charge on any atom is -0.457 e. The zero-order valence-electron chi connectivity index (χ0n) is 15.1. The number of para-hydroxylation sites is 1. The number of anilines is 1. The smallest absolute Gasteiger partial charge is 0.239 e. The van der Waals surface area contributed by atoms with Gasteiger partial charge in [0.25, 0.3) is 0 Å². The Balaban J connectivity index is 1.62. The van der Waals surface area contributed by atoms with Gasteiger partial charge in [0, 0.05) is 18.8 Å². The highest BCUT2D eigenvalue weighted by Crippen LogP contribution is 2.28. The Bertz CT molecular complexity index is 757. The van der Waals surface area contributed by atoms with Crippen LogP contribution in [-0.4, -0.2) is 24.9 Å². The van der Waals surface area contributed by atoms with Crippen molar-refractivity contribution in [3.8, 4) is 11.5 Å². The number of hydrogen-bond donors (Lipinski definition) is 1. The number of hydrogen-bond acceptors (Lipinski definition) is 3. The third-order valence-electron chi connectivity index (χ3n) is 4.33. The van der Waals surface area contributed by atoms with Crippen molar-refractivity contribution in [3.05, 3.63) is 54.6 Å². The SMILES string of the molecule is CC(C)CNC(=O)[C@@H]1CCN(c2ccc(Oc3ccccc3)cc2)C1=O. The second-order valence-electron chi connectivity index (χ2n) is 6.88. The average molecular weight is 352 g/mol. The Labute approximate surface area is 154 Å². The molecule has 2 aromatic rings. The summed E-state index contributed by atoms with van der Waals surface area (Å²) >= 11 is 0. The first-order valence-electron chi connectivity index (χ1n) is 8.96. The molecule has 1 saturated heterocycles. The van der Waals surface area contributed by atoms with Gasteiger partial charge < -0.3 is 15.0 Å². The Morgan fingerprint density at radius 3 is 2.42 bits per heavy atom. The maximum Gasteiger partial charge on any atom is 0.239 e. The molecule has 0 unspecified atom stereocenters. The van der Waals surface area contributed by atoms with Crippen LogP contribution in [0.2, 0.25) is 0 Å². The predicted molar refractivity (Wildman–Crippen MR) is 101 cm³/mol.